The van der Waals surface area contributed by atoms with Crippen LogP contribution in [0.3, 0.4) is 0 Å². The summed E-state index contributed by atoms with van der Waals surface area (Å²) in [4.78, 5) is 43.9. The fourth-order valence-electron chi connectivity index (χ4n) is 2.68. The van der Waals surface area contributed by atoms with Gasteiger partial charge in [0.2, 0.25) is 11.8 Å². The van der Waals surface area contributed by atoms with Crippen LogP contribution in [0.5, 0.6) is 0 Å². The highest BCUT2D eigenvalue weighted by molar-refractivity contribution is 7.13. The zero-order valence-electron chi connectivity index (χ0n) is 15.3. The molecule has 2 heterocycles. The third kappa shape index (κ3) is 5.20. The topological polar surface area (TPSA) is 101 Å². The number of carbonyl (C=O) groups is 3. The van der Waals surface area contributed by atoms with Crippen LogP contribution in [0.2, 0.25) is 0 Å². The summed E-state index contributed by atoms with van der Waals surface area (Å²) in [7, 11) is 0. The predicted octanol–water partition coefficient (Wildman–Crippen LogP) is 2.68. The molecule has 0 bridgehead atoms. The molecule has 8 heteroatoms. The molecule has 0 fully saturated rings. The molecule has 0 saturated heterocycles. The Morgan fingerprint density at radius 1 is 1.25 bits per heavy atom. The molecule has 1 aliphatic rings. The monoisotopic (exact) mass is 396 g/mol. The van der Waals surface area contributed by atoms with Crippen molar-refractivity contribution in [3.05, 3.63) is 59.1 Å². The van der Waals surface area contributed by atoms with Crippen LogP contribution < -0.4 is 10.6 Å². The summed E-state index contributed by atoms with van der Waals surface area (Å²) in [6.45, 7) is 1.94. The summed E-state index contributed by atoms with van der Waals surface area (Å²) < 4.78 is 0. The Labute approximate surface area is 166 Å². The van der Waals surface area contributed by atoms with Crippen LogP contribution >= 0.6 is 11.3 Å². The van der Waals surface area contributed by atoms with Crippen molar-refractivity contribution < 1.29 is 14.4 Å². The Bertz CT molecular complexity index is 921. The number of nitrogens with zero attached hydrogens (tertiary/aromatic N) is 2. The van der Waals surface area contributed by atoms with Crippen molar-refractivity contribution in [2.24, 2.45) is 10.9 Å². The first-order valence-electron chi connectivity index (χ1n) is 8.87. The molecule has 0 saturated carbocycles. The number of aryl methyl sites for hydroxylation is 1. The zero-order valence-corrected chi connectivity index (χ0v) is 16.1. The van der Waals surface area contributed by atoms with Gasteiger partial charge in [0.15, 0.2) is 5.13 Å². The van der Waals surface area contributed by atoms with Gasteiger partial charge in [0.1, 0.15) is 5.92 Å². The molecular weight excluding hydrogens is 376 g/mol. The normalized spacial score (nSPS) is 16.6. The molecular formula is C20H20N4O3S. The van der Waals surface area contributed by atoms with Gasteiger partial charge in [-0.3, -0.25) is 14.4 Å². The van der Waals surface area contributed by atoms with Gasteiger partial charge in [-0.1, -0.05) is 36.4 Å². The van der Waals surface area contributed by atoms with Crippen LogP contribution in [0.25, 0.3) is 0 Å². The van der Waals surface area contributed by atoms with Gasteiger partial charge in [0, 0.05) is 18.0 Å². The maximum absolute atomic E-state index is 12.2. The summed E-state index contributed by atoms with van der Waals surface area (Å²) in [5, 5.41) is 7.78. The average molecular weight is 396 g/mol. The maximum Gasteiger partial charge on any atom is 0.262 e. The van der Waals surface area contributed by atoms with E-state index in [1.54, 1.807) is 11.5 Å². The number of amides is 3. The van der Waals surface area contributed by atoms with Crippen LogP contribution in [0.4, 0.5) is 5.13 Å². The van der Waals surface area contributed by atoms with Gasteiger partial charge in [-0.25, -0.2) is 9.98 Å². The van der Waals surface area contributed by atoms with Crippen LogP contribution in [-0.2, 0) is 20.8 Å². The molecule has 2 atom stereocenters. The maximum atomic E-state index is 12.2. The highest BCUT2D eigenvalue weighted by atomic mass is 32.1. The molecule has 0 spiro atoms. The molecule has 2 N–H and O–H groups in total. The van der Waals surface area contributed by atoms with E-state index in [4.69, 9.17) is 0 Å². The summed E-state index contributed by atoms with van der Waals surface area (Å²) in [5.74, 6) is -1.96. The molecule has 0 aliphatic carbocycles. The number of rotatable bonds is 7. The number of hydrogen-bond acceptors (Lipinski definition) is 5. The molecule has 1 aromatic carbocycles. The van der Waals surface area contributed by atoms with Crippen LogP contribution in [0, 0.1) is 5.92 Å². The molecule has 0 radical (unpaired) electrons. The summed E-state index contributed by atoms with van der Waals surface area (Å²) in [6.07, 6.45) is 5.18. The average Bonchev–Trinajstić information content (AvgIpc) is 3.14. The van der Waals surface area contributed by atoms with Gasteiger partial charge in [-0.05, 0) is 25.0 Å². The van der Waals surface area contributed by atoms with E-state index < -0.39 is 17.7 Å². The van der Waals surface area contributed by atoms with Crippen LogP contribution in [-0.4, -0.2) is 28.9 Å². The minimum atomic E-state index is -0.928. The molecule has 28 heavy (non-hydrogen) atoms. The van der Waals surface area contributed by atoms with Crippen molar-refractivity contribution in [1.29, 1.82) is 0 Å². The van der Waals surface area contributed by atoms with Crippen molar-refractivity contribution in [2.45, 2.75) is 25.8 Å². The number of carbonyl (C=O) groups excluding carboxylic acids is 3. The fourth-order valence-corrected chi connectivity index (χ4v) is 3.43. The zero-order chi connectivity index (χ0) is 19.9. The Kier molecular flexibility index (Phi) is 6.44. The Morgan fingerprint density at radius 3 is 2.79 bits per heavy atom. The highest BCUT2D eigenvalue weighted by Gasteiger charge is 2.25. The van der Waals surface area contributed by atoms with E-state index in [1.807, 2.05) is 37.3 Å². The van der Waals surface area contributed by atoms with Gasteiger partial charge < -0.3 is 10.6 Å². The third-order valence-electron chi connectivity index (χ3n) is 4.21. The number of hydrogen-bond donors (Lipinski definition) is 2. The van der Waals surface area contributed by atoms with E-state index in [-0.39, 0.29) is 11.9 Å². The van der Waals surface area contributed by atoms with Crippen LogP contribution in [0.15, 0.2) is 52.9 Å². The summed E-state index contributed by atoms with van der Waals surface area (Å²) >= 11 is 1.26. The molecule has 1 aliphatic heterocycles. The second-order valence-electron chi connectivity index (χ2n) is 6.31. The molecule has 2 unspecified atom stereocenters. The Hall–Kier alpha value is -3.13. The standard InChI is InChI=1S/C20H20N4O3S/c1-13(14-6-3-2-4-7-14)22-17(25)10-9-15-12-28-20(23-15)24-19(27)16-8-5-11-21-18(16)26/h2-8,11-13,16H,9-10H2,1H3,(H,22,25)(H,23,24,27). The van der Waals surface area contributed by atoms with E-state index in [2.05, 4.69) is 20.6 Å². The van der Waals surface area contributed by atoms with Crippen molar-refractivity contribution in [3.8, 4) is 0 Å². The minimum absolute atomic E-state index is 0.0641. The number of thiazole rings is 1. The van der Waals surface area contributed by atoms with Gasteiger partial charge in [0.05, 0.1) is 11.7 Å². The molecule has 1 aromatic heterocycles. The van der Waals surface area contributed by atoms with E-state index in [1.165, 1.54) is 23.6 Å². The molecule has 144 valence electrons. The molecule has 7 nitrogen and oxygen atoms in total. The number of aliphatic imine (C=N–C) groups is 1. The lowest BCUT2D eigenvalue weighted by molar-refractivity contribution is -0.128. The van der Waals surface area contributed by atoms with Crippen LogP contribution in [0.1, 0.15) is 30.6 Å². The first kappa shape index (κ1) is 19.6. The number of benzene rings is 1. The number of allylic oxidation sites excluding steroid dienone is 1. The molecule has 2 aromatic rings. The van der Waals surface area contributed by atoms with Crippen molar-refractivity contribution in [1.82, 2.24) is 10.3 Å². The Morgan fingerprint density at radius 2 is 2.04 bits per heavy atom. The van der Waals surface area contributed by atoms with Gasteiger partial charge in [-0.2, -0.15) is 0 Å². The predicted molar refractivity (Wildman–Crippen MR) is 108 cm³/mol. The lowest BCUT2D eigenvalue weighted by Gasteiger charge is -2.13. The lowest BCUT2D eigenvalue weighted by atomic mass is 10.1. The van der Waals surface area contributed by atoms with Crippen molar-refractivity contribution in [2.75, 3.05) is 5.32 Å². The number of anilines is 1. The summed E-state index contributed by atoms with van der Waals surface area (Å²) in [6, 6.07) is 9.68. The largest absolute Gasteiger partial charge is 0.350 e. The second kappa shape index (κ2) is 9.18. The minimum Gasteiger partial charge on any atom is -0.350 e. The first-order chi connectivity index (χ1) is 13.5. The Balaban J connectivity index is 1.47. The first-order valence-corrected chi connectivity index (χ1v) is 9.75. The molecule has 3 amide bonds. The fraction of sp³-hybridized carbons (Fsp3) is 0.250. The van der Waals surface area contributed by atoms with E-state index in [9.17, 15) is 14.4 Å². The second-order valence-corrected chi connectivity index (χ2v) is 7.17. The number of nitrogens with one attached hydrogen (secondary N) is 2. The quantitative estimate of drug-likeness (QED) is 0.703. The number of dihydropyridines is 1. The van der Waals surface area contributed by atoms with E-state index in [0.29, 0.717) is 23.7 Å². The SMILES string of the molecule is CC(NC(=O)CCc1csc(NC(=O)C2C=CC=NC2=O)n1)c1ccccc1. The van der Waals surface area contributed by atoms with Crippen molar-refractivity contribution >= 4 is 40.4 Å². The molecule has 3 rings (SSSR count). The van der Waals surface area contributed by atoms with E-state index >= 15 is 0 Å². The lowest BCUT2D eigenvalue weighted by Crippen LogP contribution is -2.28. The van der Waals surface area contributed by atoms with E-state index in [0.717, 1.165) is 5.56 Å². The summed E-state index contributed by atoms with van der Waals surface area (Å²) in [5.41, 5.74) is 1.76. The van der Waals surface area contributed by atoms with Crippen molar-refractivity contribution in [3.63, 3.8) is 0 Å². The third-order valence-corrected chi connectivity index (χ3v) is 5.01. The van der Waals surface area contributed by atoms with Gasteiger partial charge in [0.25, 0.3) is 5.91 Å². The number of aromatic nitrogens is 1. The smallest absolute Gasteiger partial charge is 0.262 e. The van der Waals surface area contributed by atoms with Gasteiger partial charge in [-0.15, -0.1) is 11.3 Å². The van der Waals surface area contributed by atoms with Gasteiger partial charge >= 0.3 is 0 Å². The highest BCUT2D eigenvalue weighted by Crippen LogP contribution is 2.19.